The Bertz CT molecular complexity index is 722. The molecule has 6 nitrogen and oxygen atoms in total. The molecule has 2 rings (SSSR count). The molecule has 0 aromatic heterocycles. The zero-order valence-corrected chi connectivity index (χ0v) is 17.3. The molecule has 0 atom stereocenters. The fourth-order valence-electron chi connectivity index (χ4n) is 2.40. The number of hydrogen-bond donors (Lipinski definition) is 2. The van der Waals surface area contributed by atoms with Crippen LogP contribution in [0.5, 0.6) is 5.75 Å². The van der Waals surface area contributed by atoms with Crippen molar-refractivity contribution < 1.29 is 9.53 Å². The normalized spacial score (nSPS) is 10.6. The number of nitrogens with two attached hydrogens (primary N) is 1. The van der Waals surface area contributed by atoms with Crippen LogP contribution in [0.25, 0.3) is 0 Å². The highest BCUT2D eigenvalue weighted by atomic mass is 127. The average molecular weight is 468 g/mol. The topological polar surface area (TPSA) is 80.0 Å². The van der Waals surface area contributed by atoms with Gasteiger partial charge in [-0.25, -0.2) is 0 Å². The molecule has 0 bridgehead atoms. The number of nitrogens with zero attached hydrogens (tertiary/aromatic N) is 2. The van der Waals surface area contributed by atoms with E-state index in [1.807, 2.05) is 43.4 Å². The van der Waals surface area contributed by atoms with Gasteiger partial charge in [0.2, 0.25) is 0 Å². The third-order valence-corrected chi connectivity index (χ3v) is 3.57. The second-order valence-corrected chi connectivity index (χ2v) is 5.64. The Morgan fingerprint density at radius 3 is 2.50 bits per heavy atom. The second-order valence-electron chi connectivity index (χ2n) is 5.64. The molecule has 1 amide bonds. The molecule has 2 aromatic carbocycles. The predicted molar refractivity (Wildman–Crippen MR) is 115 cm³/mol. The van der Waals surface area contributed by atoms with Crippen molar-refractivity contribution in [2.45, 2.75) is 13.1 Å². The van der Waals surface area contributed by atoms with Crippen molar-refractivity contribution in [3.8, 4) is 5.75 Å². The van der Waals surface area contributed by atoms with Gasteiger partial charge in [0.15, 0.2) is 12.6 Å². The molecule has 2 aromatic rings. The SMILES string of the molecule is CN=C(NCc1cccc(OCC(N)=O)c1)N(C)Cc1ccccc1.I. The van der Waals surface area contributed by atoms with Crippen LogP contribution in [-0.2, 0) is 17.9 Å². The first-order chi connectivity index (χ1) is 12.1. The summed E-state index contributed by atoms with van der Waals surface area (Å²) in [7, 11) is 3.75. The molecule has 0 radical (unpaired) electrons. The molecule has 0 aliphatic rings. The number of amides is 1. The number of halogens is 1. The summed E-state index contributed by atoms with van der Waals surface area (Å²) in [6.45, 7) is 1.24. The lowest BCUT2D eigenvalue weighted by atomic mass is 10.2. The van der Waals surface area contributed by atoms with Crippen molar-refractivity contribution in [1.82, 2.24) is 10.2 Å². The van der Waals surface area contributed by atoms with E-state index in [9.17, 15) is 4.79 Å². The first-order valence-corrected chi connectivity index (χ1v) is 8.04. The van der Waals surface area contributed by atoms with Crippen LogP contribution < -0.4 is 15.8 Å². The summed E-state index contributed by atoms with van der Waals surface area (Å²) in [5.74, 6) is 0.921. The summed E-state index contributed by atoms with van der Waals surface area (Å²) in [6.07, 6.45) is 0. The number of carbonyl (C=O) groups is 1. The number of hydrogen-bond acceptors (Lipinski definition) is 3. The van der Waals surface area contributed by atoms with Crippen molar-refractivity contribution in [2.24, 2.45) is 10.7 Å². The Hall–Kier alpha value is -2.29. The van der Waals surface area contributed by atoms with Crippen LogP contribution in [0.1, 0.15) is 11.1 Å². The van der Waals surface area contributed by atoms with Crippen molar-refractivity contribution in [2.75, 3.05) is 20.7 Å². The maximum absolute atomic E-state index is 10.8. The lowest BCUT2D eigenvalue weighted by Crippen LogP contribution is -2.38. The van der Waals surface area contributed by atoms with Crippen LogP contribution in [0.2, 0.25) is 0 Å². The zero-order chi connectivity index (χ0) is 18.1. The standard InChI is InChI=1S/C19H24N4O2.HI/c1-21-19(23(2)13-15-7-4-3-5-8-15)22-12-16-9-6-10-17(11-16)25-14-18(20)24;/h3-11H,12-14H2,1-2H3,(H2,20,24)(H,21,22);1H. The summed E-state index contributed by atoms with van der Waals surface area (Å²) < 4.78 is 5.32. The molecule has 0 saturated carbocycles. The van der Waals surface area contributed by atoms with Gasteiger partial charge in [-0.3, -0.25) is 9.79 Å². The van der Waals surface area contributed by atoms with Crippen molar-refractivity contribution >= 4 is 35.8 Å². The van der Waals surface area contributed by atoms with Gasteiger partial charge in [0.05, 0.1) is 0 Å². The number of rotatable bonds is 7. The minimum Gasteiger partial charge on any atom is -0.484 e. The van der Waals surface area contributed by atoms with Gasteiger partial charge >= 0.3 is 0 Å². The Morgan fingerprint density at radius 2 is 1.85 bits per heavy atom. The molecule has 0 aliphatic heterocycles. The van der Waals surface area contributed by atoms with Crippen LogP contribution in [0.3, 0.4) is 0 Å². The maximum Gasteiger partial charge on any atom is 0.255 e. The Morgan fingerprint density at radius 1 is 1.15 bits per heavy atom. The van der Waals surface area contributed by atoms with Crippen LogP contribution in [0, 0.1) is 0 Å². The molecule has 0 saturated heterocycles. The van der Waals surface area contributed by atoms with Crippen molar-refractivity contribution in [3.05, 3.63) is 65.7 Å². The number of primary amides is 1. The van der Waals surface area contributed by atoms with Gasteiger partial charge < -0.3 is 20.7 Å². The van der Waals surface area contributed by atoms with Crippen LogP contribution >= 0.6 is 24.0 Å². The summed E-state index contributed by atoms with van der Waals surface area (Å²) in [5.41, 5.74) is 7.34. The van der Waals surface area contributed by atoms with Gasteiger partial charge in [-0.2, -0.15) is 0 Å². The largest absolute Gasteiger partial charge is 0.484 e. The van der Waals surface area contributed by atoms with Crippen LogP contribution in [0.4, 0.5) is 0 Å². The average Bonchev–Trinajstić information content (AvgIpc) is 2.62. The van der Waals surface area contributed by atoms with Crippen molar-refractivity contribution in [1.29, 1.82) is 0 Å². The van der Waals surface area contributed by atoms with E-state index in [1.165, 1.54) is 5.56 Å². The molecule has 7 heteroatoms. The molecular formula is C19H25IN4O2. The third-order valence-electron chi connectivity index (χ3n) is 3.57. The Balaban J connectivity index is 0.00000338. The van der Waals surface area contributed by atoms with E-state index in [1.54, 1.807) is 13.1 Å². The van der Waals surface area contributed by atoms with Crippen LogP contribution in [-0.4, -0.2) is 37.5 Å². The lowest BCUT2D eigenvalue weighted by molar-refractivity contribution is -0.119. The molecule has 0 unspecified atom stereocenters. The highest BCUT2D eigenvalue weighted by molar-refractivity contribution is 14.0. The highest BCUT2D eigenvalue weighted by Gasteiger charge is 2.07. The van der Waals surface area contributed by atoms with E-state index < -0.39 is 5.91 Å². The van der Waals surface area contributed by atoms with Gasteiger partial charge in [0, 0.05) is 27.2 Å². The second kappa shape index (κ2) is 11.3. The summed E-state index contributed by atoms with van der Waals surface area (Å²) in [4.78, 5) is 17.2. The number of benzene rings is 2. The molecule has 0 aliphatic carbocycles. The number of nitrogens with one attached hydrogen (secondary N) is 1. The fourth-order valence-corrected chi connectivity index (χ4v) is 2.40. The lowest BCUT2D eigenvalue weighted by Gasteiger charge is -2.22. The number of guanidine groups is 1. The number of aliphatic imine (C=N–C) groups is 1. The quantitative estimate of drug-likeness (QED) is 0.372. The summed E-state index contributed by atoms with van der Waals surface area (Å²) in [6, 6.07) is 17.8. The first kappa shape index (κ1) is 21.8. The number of ether oxygens (including phenoxy) is 1. The molecule has 3 N–H and O–H groups in total. The predicted octanol–water partition coefficient (Wildman–Crippen LogP) is 2.38. The van der Waals surface area contributed by atoms with Gasteiger partial charge in [0.1, 0.15) is 5.75 Å². The van der Waals surface area contributed by atoms with E-state index in [0.717, 1.165) is 18.1 Å². The molecular weight excluding hydrogens is 443 g/mol. The fraction of sp³-hybridized carbons (Fsp3) is 0.263. The van der Waals surface area contributed by atoms with Gasteiger partial charge in [-0.1, -0.05) is 42.5 Å². The monoisotopic (exact) mass is 468 g/mol. The van der Waals surface area contributed by atoms with E-state index in [2.05, 4.69) is 27.3 Å². The molecule has 0 fully saturated rings. The van der Waals surface area contributed by atoms with Gasteiger partial charge in [-0.15, -0.1) is 24.0 Å². The van der Waals surface area contributed by atoms with E-state index in [-0.39, 0.29) is 30.6 Å². The van der Waals surface area contributed by atoms with Crippen molar-refractivity contribution in [3.63, 3.8) is 0 Å². The minimum absolute atomic E-state index is 0. The van der Waals surface area contributed by atoms with Gasteiger partial charge in [0.25, 0.3) is 5.91 Å². The molecule has 0 heterocycles. The summed E-state index contributed by atoms with van der Waals surface area (Å²) >= 11 is 0. The smallest absolute Gasteiger partial charge is 0.255 e. The maximum atomic E-state index is 10.8. The summed E-state index contributed by atoms with van der Waals surface area (Å²) in [5, 5.41) is 3.33. The Labute approximate surface area is 171 Å². The number of carbonyl (C=O) groups excluding carboxylic acids is 1. The third kappa shape index (κ3) is 7.30. The molecule has 0 spiro atoms. The molecule has 140 valence electrons. The van der Waals surface area contributed by atoms with E-state index >= 15 is 0 Å². The van der Waals surface area contributed by atoms with Crippen LogP contribution in [0.15, 0.2) is 59.6 Å². The van der Waals surface area contributed by atoms with Gasteiger partial charge in [-0.05, 0) is 23.3 Å². The van der Waals surface area contributed by atoms with E-state index in [0.29, 0.717) is 12.3 Å². The zero-order valence-electron chi connectivity index (χ0n) is 15.0. The van der Waals surface area contributed by atoms with E-state index in [4.69, 9.17) is 10.5 Å². The highest BCUT2D eigenvalue weighted by Crippen LogP contribution is 2.13. The minimum atomic E-state index is -0.494. The Kier molecular flexibility index (Phi) is 9.50. The molecule has 26 heavy (non-hydrogen) atoms. The first-order valence-electron chi connectivity index (χ1n) is 8.04.